The number of amides is 1. The maximum absolute atomic E-state index is 13.5. The molecule has 2 saturated heterocycles. The molecule has 1 aromatic carbocycles. The van der Waals surface area contributed by atoms with E-state index in [2.05, 4.69) is 9.88 Å². The Labute approximate surface area is 150 Å². The van der Waals surface area contributed by atoms with Gasteiger partial charge in [-0.05, 0) is 25.0 Å². The van der Waals surface area contributed by atoms with Crippen LogP contribution in [0.5, 0.6) is 0 Å². The van der Waals surface area contributed by atoms with Crippen LogP contribution in [0.15, 0.2) is 24.3 Å². The van der Waals surface area contributed by atoms with E-state index in [9.17, 15) is 13.6 Å². The Morgan fingerprint density at radius 3 is 2.69 bits per heavy atom. The van der Waals surface area contributed by atoms with Crippen molar-refractivity contribution in [3.05, 3.63) is 30.1 Å². The van der Waals surface area contributed by atoms with Crippen molar-refractivity contribution in [2.45, 2.75) is 32.0 Å². The first-order chi connectivity index (χ1) is 12.6. The van der Waals surface area contributed by atoms with E-state index in [4.69, 9.17) is 4.74 Å². The van der Waals surface area contributed by atoms with Gasteiger partial charge in [0.05, 0.1) is 17.6 Å². The standard InChI is InChI=1S/C18H22F2N4O2/c19-18(20)24-14-5-2-1-4-13(14)21-16(24)12-22-7-9-23(10-8-22)17(25)15-6-3-11-26-15/h1-2,4-5,15,18H,3,6-12H2/t15-/m1/s1. The predicted molar refractivity (Wildman–Crippen MR) is 91.8 cm³/mol. The molecule has 1 amide bonds. The fourth-order valence-corrected chi connectivity index (χ4v) is 3.73. The van der Waals surface area contributed by atoms with Gasteiger partial charge in [-0.25, -0.2) is 4.98 Å². The molecule has 2 aromatic rings. The first-order valence-corrected chi connectivity index (χ1v) is 9.00. The van der Waals surface area contributed by atoms with Crippen LogP contribution in [0.4, 0.5) is 8.78 Å². The Morgan fingerprint density at radius 1 is 1.23 bits per heavy atom. The number of imidazole rings is 1. The molecular formula is C18H22F2N4O2. The lowest BCUT2D eigenvalue weighted by molar-refractivity contribution is -0.142. The highest BCUT2D eigenvalue weighted by molar-refractivity contribution is 5.81. The average molecular weight is 364 g/mol. The lowest BCUT2D eigenvalue weighted by Gasteiger charge is -2.35. The van der Waals surface area contributed by atoms with Crippen LogP contribution in [0, 0.1) is 0 Å². The van der Waals surface area contributed by atoms with Crippen molar-refractivity contribution >= 4 is 16.9 Å². The summed E-state index contributed by atoms with van der Waals surface area (Å²) < 4.78 is 33.5. The normalized spacial score (nSPS) is 21.8. The highest BCUT2D eigenvalue weighted by atomic mass is 19.3. The van der Waals surface area contributed by atoms with E-state index < -0.39 is 6.55 Å². The largest absolute Gasteiger partial charge is 0.368 e. The minimum absolute atomic E-state index is 0.0574. The summed E-state index contributed by atoms with van der Waals surface area (Å²) in [4.78, 5) is 20.7. The minimum atomic E-state index is -2.63. The first kappa shape index (κ1) is 17.4. The third kappa shape index (κ3) is 3.31. The van der Waals surface area contributed by atoms with Gasteiger partial charge in [-0.15, -0.1) is 0 Å². The second-order valence-electron chi connectivity index (χ2n) is 6.77. The van der Waals surface area contributed by atoms with Gasteiger partial charge in [-0.2, -0.15) is 8.78 Å². The van der Waals surface area contributed by atoms with E-state index in [-0.39, 0.29) is 12.0 Å². The van der Waals surface area contributed by atoms with Crippen molar-refractivity contribution in [1.29, 1.82) is 0 Å². The number of benzene rings is 1. The topological polar surface area (TPSA) is 50.6 Å². The van der Waals surface area contributed by atoms with Crippen LogP contribution in [0.25, 0.3) is 11.0 Å². The summed E-state index contributed by atoms with van der Waals surface area (Å²) in [5.74, 6) is 0.419. The molecule has 1 atom stereocenters. The van der Waals surface area contributed by atoms with Crippen molar-refractivity contribution < 1.29 is 18.3 Å². The van der Waals surface area contributed by atoms with Crippen molar-refractivity contribution in [2.75, 3.05) is 32.8 Å². The Bertz CT molecular complexity index is 781. The van der Waals surface area contributed by atoms with E-state index >= 15 is 0 Å². The molecule has 0 bridgehead atoms. The molecule has 0 radical (unpaired) electrons. The van der Waals surface area contributed by atoms with Crippen molar-refractivity contribution in [1.82, 2.24) is 19.4 Å². The lowest BCUT2D eigenvalue weighted by atomic mass is 10.2. The number of alkyl halides is 2. The molecule has 8 heteroatoms. The van der Waals surface area contributed by atoms with E-state index in [1.165, 1.54) is 0 Å². The highest BCUT2D eigenvalue weighted by Crippen LogP contribution is 2.24. The third-order valence-corrected chi connectivity index (χ3v) is 5.12. The van der Waals surface area contributed by atoms with Gasteiger partial charge in [0.2, 0.25) is 0 Å². The molecule has 0 spiro atoms. The number of rotatable bonds is 4. The molecule has 1 aromatic heterocycles. The van der Waals surface area contributed by atoms with Crippen LogP contribution in [0.1, 0.15) is 25.2 Å². The number of piperazine rings is 1. The molecule has 140 valence electrons. The Balaban J connectivity index is 1.42. The summed E-state index contributed by atoms with van der Waals surface area (Å²) in [6.45, 7) is 0.845. The number of aromatic nitrogens is 2. The number of carbonyl (C=O) groups excluding carboxylic acids is 1. The number of hydrogen-bond donors (Lipinski definition) is 0. The summed E-state index contributed by atoms with van der Waals surface area (Å²) in [6.07, 6.45) is 1.42. The van der Waals surface area contributed by atoms with Gasteiger partial charge in [-0.3, -0.25) is 14.3 Å². The molecule has 2 aliphatic rings. The third-order valence-electron chi connectivity index (χ3n) is 5.12. The molecule has 0 aliphatic carbocycles. The summed E-state index contributed by atoms with van der Waals surface area (Å²) in [6, 6.07) is 6.94. The van der Waals surface area contributed by atoms with Gasteiger partial charge in [0, 0.05) is 32.8 Å². The van der Waals surface area contributed by atoms with Crippen LogP contribution in [0.3, 0.4) is 0 Å². The maximum atomic E-state index is 13.5. The van der Waals surface area contributed by atoms with Gasteiger partial charge >= 0.3 is 6.55 Å². The Morgan fingerprint density at radius 2 is 2.00 bits per heavy atom. The molecule has 2 aliphatic heterocycles. The number of nitrogens with zero attached hydrogens (tertiary/aromatic N) is 4. The average Bonchev–Trinajstić information content (AvgIpc) is 3.29. The summed E-state index contributed by atoms with van der Waals surface area (Å²) in [5.41, 5.74) is 1.03. The van der Waals surface area contributed by atoms with Crippen LogP contribution >= 0.6 is 0 Å². The fraction of sp³-hybridized carbons (Fsp3) is 0.556. The van der Waals surface area contributed by atoms with Crippen LogP contribution < -0.4 is 0 Å². The molecule has 0 saturated carbocycles. The van der Waals surface area contributed by atoms with Gasteiger partial charge < -0.3 is 9.64 Å². The predicted octanol–water partition coefficient (Wildman–Crippen LogP) is 2.25. The summed E-state index contributed by atoms with van der Waals surface area (Å²) >= 11 is 0. The molecule has 2 fully saturated rings. The fourth-order valence-electron chi connectivity index (χ4n) is 3.73. The smallest absolute Gasteiger partial charge is 0.320 e. The van der Waals surface area contributed by atoms with Gasteiger partial charge in [0.25, 0.3) is 5.91 Å². The van der Waals surface area contributed by atoms with Crippen molar-refractivity contribution in [2.24, 2.45) is 0 Å². The van der Waals surface area contributed by atoms with Gasteiger partial charge in [0.15, 0.2) is 0 Å². The minimum Gasteiger partial charge on any atom is -0.368 e. The first-order valence-electron chi connectivity index (χ1n) is 9.00. The van der Waals surface area contributed by atoms with Gasteiger partial charge in [0.1, 0.15) is 11.9 Å². The van der Waals surface area contributed by atoms with E-state index in [1.807, 2.05) is 4.90 Å². The highest BCUT2D eigenvalue weighted by Gasteiger charge is 2.30. The number of fused-ring (bicyclic) bond motifs is 1. The zero-order valence-electron chi connectivity index (χ0n) is 14.5. The number of hydrogen-bond acceptors (Lipinski definition) is 4. The molecule has 3 heterocycles. The number of carbonyl (C=O) groups is 1. The van der Waals surface area contributed by atoms with Crippen LogP contribution in [-0.2, 0) is 16.1 Å². The maximum Gasteiger partial charge on any atom is 0.320 e. The molecule has 0 N–H and O–H groups in total. The quantitative estimate of drug-likeness (QED) is 0.835. The molecule has 6 nitrogen and oxygen atoms in total. The summed E-state index contributed by atoms with van der Waals surface area (Å²) in [5, 5.41) is 0. The van der Waals surface area contributed by atoms with E-state index in [0.29, 0.717) is 56.2 Å². The van der Waals surface area contributed by atoms with Crippen LogP contribution in [0.2, 0.25) is 0 Å². The molecular weight excluding hydrogens is 342 g/mol. The Kier molecular flexibility index (Phi) is 4.86. The molecule has 4 rings (SSSR count). The monoisotopic (exact) mass is 364 g/mol. The zero-order chi connectivity index (χ0) is 18.1. The SMILES string of the molecule is O=C([C@H]1CCCO1)N1CCN(Cc2nc3ccccc3n2C(F)F)CC1. The number of ether oxygens (including phenoxy) is 1. The second kappa shape index (κ2) is 7.28. The second-order valence-corrected chi connectivity index (χ2v) is 6.77. The van der Waals surface area contributed by atoms with Crippen molar-refractivity contribution in [3.8, 4) is 0 Å². The van der Waals surface area contributed by atoms with E-state index in [0.717, 1.165) is 17.4 Å². The Hall–Kier alpha value is -2.06. The summed E-state index contributed by atoms with van der Waals surface area (Å²) in [7, 11) is 0. The molecule has 26 heavy (non-hydrogen) atoms. The van der Waals surface area contributed by atoms with Crippen LogP contribution in [-0.4, -0.2) is 64.1 Å². The lowest BCUT2D eigenvalue weighted by Crippen LogP contribution is -2.51. The number of halogens is 2. The molecule has 0 unspecified atom stereocenters. The zero-order valence-corrected chi connectivity index (χ0v) is 14.5. The van der Waals surface area contributed by atoms with Crippen molar-refractivity contribution in [3.63, 3.8) is 0 Å². The van der Waals surface area contributed by atoms with E-state index in [1.54, 1.807) is 24.3 Å². The van der Waals surface area contributed by atoms with Gasteiger partial charge in [-0.1, -0.05) is 12.1 Å². The number of para-hydroxylation sites is 2.